The highest BCUT2D eigenvalue weighted by molar-refractivity contribution is 5.96. The van der Waals surface area contributed by atoms with Crippen LogP contribution in [0.1, 0.15) is 6.92 Å². The van der Waals surface area contributed by atoms with E-state index >= 15 is 0 Å². The number of nitrogens with zero attached hydrogens (tertiary/aromatic N) is 4. The standard InChI is InChI=1S/C14H21N5O6/c1-2-23-8(21)4-24-11-10(22)7(3-20)25-14(11)19-6-18-9-12(15)16-5-17-13(9)19/h5-7,9-11,13-14,20,22H,2-4H2,1H3,(H2,15,16,17)/t7-,9?,10?,11+,13?,14-/m1/s1. The lowest BCUT2D eigenvalue weighted by atomic mass is 10.1. The summed E-state index contributed by atoms with van der Waals surface area (Å²) in [6.07, 6.45) is -1.34. The van der Waals surface area contributed by atoms with Crippen molar-refractivity contribution in [3.63, 3.8) is 0 Å². The van der Waals surface area contributed by atoms with Gasteiger partial charge in [0.2, 0.25) is 0 Å². The molecule has 0 aromatic carbocycles. The molecule has 0 aliphatic carbocycles. The number of rotatable bonds is 6. The van der Waals surface area contributed by atoms with Crippen molar-refractivity contribution in [3.05, 3.63) is 0 Å². The first kappa shape index (κ1) is 17.7. The summed E-state index contributed by atoms with van der Waals surface area (Å²) >= 11 is 0. The molecule has 3 heterocycles. The number of aliphatic hydroxyl groups is 2. The predicted octanol–water partition coefficient (Wildman–Crippen LogP) is -2.55. The van der Waals surface area contributed by atoms with Crippen LogP contribution in [0.25, 0.3) is 0 Å². The number of aliphatic hydroxyl groups excluding tert-OH is 2. The van der Waals surface area contributed by atoms with Crippen LogP contribution in [0.15, 0.2) is 15.0 Å². The number of fused-ring (bicyclic) bond motifs is 1. The van der Waals surface area contributed by atoms with E-state index in [-0.39, 0.29) is 13.2 Å². The minimum absolute atomic E-state index is 0.227. The summed E-state index contributed by atoms with van der Waals surface area (Å²) in [4.78, 5) is 25.6. The van der Waals surface area contributed by atoms with E-state index in [1.54, 1.807) is 11.8 Å². The number of hydrogen-bond donors (Lipinski definition) is 3. The maximum Gasteiger partial charge on any atom is 0.332 e. The van der Waals surface area contributed by atoms with E-state index in [1.807, 2.05) is 0 Å². The van der Waals surface area contributed by atoms with E-state index in [0.717, 1.165) is 0 Å². The Balaban J connectivity index is 1.74. The van der Waals surface area contributed by atoms with Crippen molar-refractivity contribution in [1.29, 1.82) is 0 Å². The van der Waals surface area contributed by atoms with Gasteiger partial charge in [0, 0.05) is 0 Å². The Bertz CT molecular complexity index is 596. The first-order valence-electron chi connectivity index (χ1n) is 7.94. The van der Waals surface area contributed by atoms with Crippen molar-refractivity contribution >= 4 is 24.5 Å². The molecular weight excluding hydrogens is 334 g/mol. The third-order valence-corrected chi connectivity index (χ3v) is 4.16. The van der Waals surface area contributed by atoms with E-state index in [4.69, 9.17) is 19.9 Å². The average Bonchev–Trinajstić information content (AvgIpc) is 3.15. The molecule has 0 bridgehead atoms. The number of amidine groups is 1. The molecule has 1 fully saturated rings. The van der Waals surface area contributed by atoms with Crippen LogP contribution in [0.4, 0.5) is 0 Å². The highest BCUT2D eigenvalue weighted by atomic mass is 16.6. The van der Waals surface area contributed by atoms with E-state index < -0.39 is 49.3 Å². The van der Waals surface area contributed by atoms with Crippen LogP contribution in [-0.2, 0) is 19.0 Å². The summed E-state index contributed by atoms with van der Waals surface area (Å²) in [7, 11) is 0. The normalized spacial score (nSPS) is 36.4. The van der Waals surface area contributed by atoms with Crippen LogP contribution >= 0.6 is 0 Å². The number of carbonyl (C=O) groups is 1. The topological polar surface area (TPSA) is 152 Å². The van der Waals surface area contributed by atoms with Gasteiger partial charge in [0.05, 0.1) is 19.6 Å². The first-order valence-corrected chi connectivity index (χ1v) is 7.94. The van der Waals surface area contributed by atoms with Gasteiger partial charge >= 0.3 is 5.97 Å². The van der Waals surface area contributed by atoms with Crippen LogP contribution in [0.5, 0.6) is 0 Å². The van der Waals surface area contributed by atoms with E-state index in [2.05, 4.69) is 15.0 Å². The lowest BCUT2D eigenvalue weighted by molar-refractivity contribution is -0.156. The van der Waals surface area contributed by atoms with Gasteiger partial charge < -0.3 is 35.1 Å². The minimum Gasteiger partial charge on any atom is -0.464 e. The molecule has 0 saturated carbocycles. The van der Waals surface area contributed by atoms with Crippen molar-refractivity contribution in [1.82, 2.24) is 4.90 Å². The zero-order chi connectivity index (χ0) is 18.0. The van der Waals surface area contributed by atoms with Gasteiger partial charge in [-0.2, -0.15) is 0 Å². The van der Waals surface area contributed by atoms with Crippen molar-refractivity contribution in [2.45, 2.75) is 43.7 Å². The monoisotopic (exact) mass is 355 g/mol. The van der Waals surface area contributed by atoms with Crippen LogP contribution in [0.3, 0.4) is 0 Å². The second-order valence-corrected chi connectivity index (χ2v) is 5.71. The molecule has 1 saturated heterocycles. The molecule has 0 amide bonds. The molecule has 3 unspecified atom stereocenters. The molecular formula is C14H21N5O6. The Morgan fingerprint density at radius 1 is 1.48 bits per heavy atom. The van der Waals surface area contributed by atoms with Gasteiger partial charge in [-0.3, -0.25) is 4.99 Å². The maximum atomic E-state index is 11.5. The number of carbonyl (C=O) groups excluding carboxylic acids is 1. The zero-order valence-electron chi connectivity index (χ0n) is 13.6. The summed E-state index contributed by atoms with van der Waals surface area (Å²) in [5, 5.41) is 19.7. The van der Waals surface area contributed by atoms with Gasteiger partial charge in [0.1, 0.15) is 43.1 Å². The van der Waals surface area contributed by atoms with Gasteiger partial charge in [-0.05, 0) is 6.92 Å². The number of hydrogen-bond acceptors (Lipinski definition) is 11. The number of esters is 1. The Kier molecular flexibility index (Phi) is 5.27. The predicted molar refractivity (Wildman–Crippen MR) is 86.1 cm³/mol. The molecule has 4 N–H and O–H groups in total. The Labute approximate surface area is 143 Å². The highest BCUT2D eigenvalue weighted by Crippen LogP contribution is 2.31. The van der Waals surface area contributed by atoms with Crippen LogP contribution in [0, 0.1) is 0 Å². The second kappa shape index (κ2) is 7.44. The molecule has 3 rings (SSSR count). The number of nitrogens with two attached hydrogens (primary N) is 1. The van der Waals surface area contributed by atoms with Gasteiger partial charge in [0.15, 0.2) is 12.4 Å². The summed E-state index contributed by atoms with van der Waals surface area (Å²) < 4.78 is 16.0. The van der Waals surface area contributed by atoms with Crippen LogP contribution in [-0.4, -0.2) is 96.2 Å². The summed E-state index contributed by atoms with van der Waals surface area (Å²) in [5.41, 5.74) is 5.82. The summed E-state index contributed by atoms with van der Waals surface area (Å²) in [6.45, 7) is 1.16. The molecule has 3 aliphatic heterocycles. The van der Waals surface area contributed by atoms with Gasteiger partial charge in [-0.25, -0.2) is 14.8 Å². The molecule has 0 radical (unpaired) electrons. The van der Waals surface area contributed by atoms with E-state index in [1.165, 1.54) is 12.7 Å². The second-order valence-electron chi connectivity index (χ2n) is 5.71. The van der Waals surface area contributed by atoms with Crippen LogP contribution < -0.4 is 5.73 Å². The molecule has 0 aromatic rings. The molecule has 11 heteroatoms. The molecule has 25 heavy (non-hydrogen) atoms. The first-order chi connectivity index (χ1) is 12.1. The van der Waals surface area contributed by atoms with Crippen LogP contribution in [0.2, 0.25) is 0 Å². The van der Waals surface area contributed by atoms with E-state index in [9.17, 15) is 15.0 Å². The number of ether oxygens (including phenoxy) is 3. The average molecular weight is 355 g/mol. The lowest BCUT2D eigenvalue weighted by Gasteiger charge is -2.33. The molecule has 6 atom stereocenters. The molecule has 0 spiro atoms. The van der Waals surface area contributed by atoms with Crippen molar-refractivity contribution < 1.29 is 29.2 Å². The molecule has 11 nitrogen and oxygen atoms in total. The molecule has 138 valence electrons. The Morgan fingerprint density at radius 3 is 3.00 bits per heavy atom. The zero-order valence-corrected chi connectivity index (χ0v) is 13.6. The fourth-order valence-corrected chi connectivity index (χ4v) is 2.96. The summed E-state index contributed by atoms with van der Waals surface area (Å²) in [5.74, 6) is -0.235. The van der Waals surface area contributed by atoms with Crippen molar-refractivity contribution in [2.24, 2.45) is 20.7 Å². The molecule has 0 aromatic heterocycles. The summed E-state index contributed by atoms with van der Waals surface area (Å²) in [6, 6.07) is -0.454. The third-order valence-electron chi connectivity index (χ3n) is 4.16. The Morgan fingerprint density at radius 2 is 2.28 bits per heavy atom. The van der Waals surface area contributed by atoms with Crippen molar-refractivity contribution in [2.75, 3.05) is 19.8 Å². The van der Waals surface area contributed by atoms with Gasteiger partial charge in [0.25, 0.3) is 0 Å². The third kappa shape index (κ3) is 3.35. The highest BCUT2D eigenvalue weighted by Gasteiger charge is 2.51. The Hall–Kier alpha value is -2.08. The van der Waals surface area contributed by atoms with E-state index in [0.29, 0.717) is 5.84 Å². The lowest BCUT2D eigenvalue weighted by Crippen LogP contribution is -2.52. The maximum absolute atomic E-state index is 11.5. The number of aliphatic imine (C=N–C) groups is 3. The van der Waals surface area contributed by atoms with Crippen molar-refractivity contribution in [3.8, 4) is 0 Å². The quantitative estimate of drug-likeness (QED) is 0.440. The van der Waals surface area contributed by atoms with Gasteiger partial charge in [-0.1, -0.05) is 0 Å². The fraction of sp³-hybridized carbons (Fsp3) is 0.714. The smallest absolute Gasteiger partial charge is 0.332 e. The van der Waals surface area contributed by atoms with Gasteiger partial charge in [-0.15, -0.1) is 0 Å². The molecule has 3 aliphatic rings. The SMILES string of the molecule is CCOC(=O)CO[C@H]1C(O)[C@@H](CO)O[C@H]1N1C=NC2C(N)=NC=NC21. The fourth-order valence-electron chi connectivity index (χ4n) is 2.96. The largest absolute Gasteiger partial charge is 0.464 e. The minimum atomic E-state index is -1.13.